The van der Waals surface area contributed by atoms with Crippen LogP contribution in [0.2, 0.25) is 0 Å². The second-order valence-corrected chi connectivity index (χ2v) is 9.25. The molecule has 104 valence electrons. The highest BCUT2D eigenvalue weighted by atomic mass is 79.9. The van der Waals surface area contributed by atoms with Crippen LogP contribution in [0.15, 0.2) is 20.9 Å². The first-order valence-electron chi connectivity index (χ1n) is 5.31. The summed E-state index contributed by atoms with van der Waals surface area (Å²) in [6.45, 7) is 2.45. The normalized spacial score (nSPS) is 11.9. The van der Waals surface area contributed by atoms with Crippen molar-refractivity contribution >= 4 is 48.6 Å². The Morgan fingerprint density at radius 3 is 2.74 bits per heavy atom. The summed E-state index contributed by atoms with van der Waals surface area (Å²) in [6.07, 6.45) is 1.72. The van der Waals surface area contributed by atoms with Crippen LogP contribution in [-0.2, 0) is 23.1 Å². The van der Waals surface area contributed by atoms with Crippen molar-refractivity contribution in [3.63, 3.8) is 0 Å². The summed E-state index contributed by atoms with van der Waals surface area (Å²) in [5.74, 6) is 0. The number of aryl methyl sites for hydroxylation is 1. The van der Waals surface area contributed by atoms with Crippen LogP contribution in [0.25, 0.3) is 0 Å². The Bertz CT molecular complexity index is 678. The molecule has 0 bridgehead atoms. The highest BCUT2D eigenvalue weighted by molar-refractivity contribution is 9.11. The molecule has 0 spiro atoms. The number of hydrogen-bond donors (Lipinski definition) is 2. The van der Waals surface area contributed by atoms with E-state index in [1.54, 1.807) is 12.3 Å². The quantitative estimate of drug-likeness (QED) is 0.831. The predicted molar refractivity (Wildman–Crippen MR) is 80.8 cm³/mol. The molecule has 2 aromatic heterocycles. The second-order valence-electron chi connectivity index (χ2n) is 3.74. The number of thiazole rings is 1. The molecule has 5 nitrogen and oxygen atoms in total. The van der Waals surface area contributed by atoms with E-state index in [4.69, 9.17) is 5.73 Å². The van der Waals surface area contributed by atoms with E-state index in [9.17, 15) is 8.42 Å². The lowest BCUT2D eigenvalue weighted by molar-refractivity contribution is 0.581. The smallest absolute Gasteiger partial charge is 0.242 e. The summed E-state index contributed by atoms with van der Waals surface area (Å²) in [5, 5.41) is 0.742. The average molecular weight is 382 g/mol. The molecule has 0 aliphatic heterocycles. The Morgan fingerprint density at radius 1 is 1.47 bits per heavy atom. The lowest BCUT2D eigenvalue weighted by Gasteiger charge is -2.03. The van der Waals surface area contributed by atoms with Crippen LogP contribution in [0.5, 0.6) is 0 Å². The zero-order chi connectivity index (χ0) is 14.0. The van der Waals surface area contributed by atoms with Crippen molar-refractivity contribution in [2.45, 2.75) is 24.9 Å². The van der Waals surface area contributed by atoms with Crippen LogP contribution < -0.4 is 10.5 Å². The molecule has 0 fully saturated rings. The Labute approximate surface area is 128 Å². The van der Waals surface area contributed by atoms with E-state index < -0.39 is 10.0 Å². The highest BCUT2D eigenvalue weighted by Crippen LogP contribution is 2.31. The van der Waals surface area contributed by atoms with Crippen LogP contribution in [0, 0.1) is 6.92 Å². The number of sulfonamides is 1. The number of rotatable bonds is 5. The molecular weight excluding hydrogens is 370 g/mol. The minimum Gasteiger partial charge on any atom is -0.326 e. The SMILES string of the molecule is Cc1cnc(CNS(=O)(=O)c2cc(CN)sc2Br)s1. The number of hydrogen-bond acceptors (Lipinski definition) is 6. The van der Waals surface area contributed by atoms with Crippen LogP contribution in [0.4, 0.5) is 0 Å². The van der Waals surface area contributed by atoms with Gasteiger partial charge in [-0.1, -0.05) is 0 Å². The van der Waals surface area contributed by atoms with Crippen molar-refractivity contribution in [2.75, 3.05) is 0 Å². The monoisotopic (exact) mass is 381 g/mol. The molecule has 9 heteroatoms. The van der Waals surface area contributed by atoms with Gasteiger partial charge < -0.3 is 5.73 Å². The molecule has 2 heterocycles. The van der Waals surface area contributed by atoms with Gasteiger partial charge in [0.25, 0.3) is 0 Å². The van der Waals surface area contributed by atoms with Gasteiger partial charge in [-0.15, -0.1) is 22.7 Å². The van der Waals surface area contributed by atoms with Crippen molar-refractivity contribution in [1.82, 2.24) is 9.71 Å². The molecule has 2 aromatic rings. The van der Waals surface area contributed by atoms with Crippen LogP contribution in [0.3, 0.4) is 0 Å². The molecule has 0 saturated carbocycles. The maximum absolute atomic E-state index is 12.2. The molecule has 0 amide bonds. The third-order valence-corrected chi connectivity index (χ3v) is 6.87. The maximum atomic E-state index is 12.2. The van der Waals surface area contributed by atoms with E-state index >= 15 is 0 Å². The van der Waals surface area contributed by atoms with E-state index in [2.05, 4.69) is 25.6 Å². The standard InChI is InChI=1S/C10H12BrN3O2S3/c1-6-4-13-9(17-6)5-14-19(15,16)8-2-7(3-12)18-10(8)11/h2,4,14H,3,5,12H2,1H3. The van der Waals surface area contributed by atoms with Crippen molar-refractivity contribution in [3.05, 3.63) is 30.8 Å². The van der Waals surface area contributed by atoms with Gasteiger partial charge in [-0.05, 0) is 28.9 Å². The molecule has 0 aliphatic carbocycles. The summed E-state index contributed by atoms with van der Waals surface area (Å²) < 4.78 is 27.4. The fourth-order valence-corrected chi connectivity index (χ4v) is 5.76. The summed E-state index contributed by atoms with van der Waals surface area (Å²) >= 11 is 6.05. The zero-order valence-corrected chi connectivity index (χ0v) is 14.0. The molecule has 0 radical (unpaired) electrons. The van der Waals surface area contributed by atoms with Crippen LogP contribution in [0.1, 0.15) is 14.8 Å². The van der Waals surface area contributed by atoms with E-state index in [0.29, 0.717) is 10.3 Å². The molecule has 19 heavy (non-hydrogen) atoms. The highest BCUT2D eigenvalue weighted by Gasteiger charge is 2.20. The third-order valence-electron chi connectivity index (χ3n) is 2.28. The Hall–Kier alpha value is -0.320. The van der Waals surface area contributed by atoms with E-state index in [-0.39, 0.29) is 11.4 Å². The van der Waals surface area contributed by atoms with Gasteiger partial charge in [0.05, 0.1) is 10.3 Å². The van der Waals surface area contributed by atoms with Crippen molar-refractivity contribution < 1.29 is 8.42 Å². The fraction of sp³-hybridized carbons (Fsp3) is 0.300. The van der Waals surface area contributed by atoms with Crippen LogP contribution >= 0.6 is 38.6 Å². The van der Waals surface area contributed by atoms with E-state index in [0.717, 1.165) is 14.8 Å². The topological polar surface area (TPSA) is 85.1 Å². The fourth-order valence-electron chi connectivity index (χ4n) is 1.40. The minimum atomic E-state index is -3.54. The molecule has 3 N–H and O–H groups in total. The number of aromatic nitrogens is 1. The summed E-state index contributed by atoms with van der Waals surface area (Å²) in [5.41, 5.74) is 5.51. The molecular formula is C10H12BrN3O2S3. The third kappa shape index (κ3) is 3.61. The van der Waals surface area contributed by atoms with Gasteiger partial charge in [0.15, 0.2) is 0 Å². The van der Waals surface area contributed by atoms with E-state index in [1.807, 2.05) is 6.92 Å². The lowest BCUT2D eigenvalue weighted by Crippen LogP contribution is -2.23. The van der Waals surface area contributed by atoms with Crippen molar-refractivity contribution in [1.29, 1.82) is 0 Å². The van der Waals surface area contributed by atoms with Gasteiger partial charge in [0, 0.05) is 22.5 Å². The maximum Gasteiger partial charge on any atom is 0.242 e. The van der Waals surface area contributed by atoms with Gasteiger partial charge in [-0.2, -0.15) is 0 Å². The average Bonchev–Trinajstić information content (AvgIpc) is 2.93. The molecule has 0 unspecified atom stereocenters. The first kappa shape index (κ1) is 15.1. The summed E-state index contributed by atoms with van der Waals surface area (Å²) in [7, 11) is -3.54. The van der Waals surface area contributed by atoms with Crippen molar-refractivity contribution in [3.8, 4) is 0 Å². The molecule has 0 aromatic carbocycles. The Morgan fingerprint density at radius 2 is 2.21 bits per heavy atom. The number of halogens is 1. The molecule has 0 aliphatic rings. The molecule has 0 atom stereocenters. The van der Waals surface area contributed by atoms with Gasteiger partial charge >= 0.3 is 0 Å². The van der Waals surface area contributed by atoms with Gasteiger partial charge in [0.1, 0.15) is 9.90 Å². The minimum absolute atomic E-state index is 0.196. The number of thiophene rings is 1. The Balaban J connectivity index is 2.15. The van der Waals surface area contributed by atoms with Gasteiger partial charge in [0.2, 0.25) is 10.0 Å². The number of nitrogens with zero attached hydrogens (tertiary/aromatic N) is 1. The summed E-state index contributed by atoms with van der Waals surface area (Å²) in [6, 6.07) is 1.59. The predicted octanol–water partition coefficient (Wildman–Crippen LogP) is 2.21. The second kappa shape index (κ2) is 5.98. The Kier molecular flexibility index (Phi) is 4.75. The van der Waals surface area contributed by atoms with Gasteiger partial charge in [-0.3, -0.25) is 0 Å². The van der Waals surface area contributed by atoms with Gasteiger partial charge in [-0.25, -0.2) is 18.1 Å². The largest absolute Gasteiger partial charge is 0.326 e. The first-order valence-corrected chi connectivity index (χ1v) is 9.22. The lowest BCUT2D eigenvalue weighted by atomic mass is 10.5. The van der Waals surface area contributed by atoms with Crippen molar-refractivity contribution in [2.24, 2.45) is 5.73 Å². The molecule has 2 rings (SSSR count). The zero-order valence-electron chi connectivity index (χ0n) is 10.0. The number of nitrogens with one attached hydrogen (secondary N) is 1. The first-order chi connectivity index (χ1) is 8.92. The van der Waals surface area contributed by atoms with Crippen LogP contribution in [-0.4, -0.2) is 13.4 Å². The number of nitrogens with two attached hydrogens (primary N) is 1. The summed E-state index contributed by atoms with van der Waals surface area (Å²) in [4.78, 5) is 6.22. The molecule has 0 saturated heterocycles. The van der Waals surface area contributed by atoms with E-state index in [1.165, 1.54) is 22.7 Å².